The van der Waals surface area contributed by atoms with E-state index in [0.717, 1.165) is 6.33 Å². The van der Waals surface area contributed by atoms with Crippen molar-refractivity contribution >= 4 is 23.1 Å². The minimum atomic E-state index is -0.740. The van der Waals surface area contributed by atoms with Crippen LogP contribution < -0.4 is 11.1 Å². The van der Waals surface area contributed by atoms with E-state index in [1.54, 1.807) is 0 Å². The van der Waals surface area contributed by atoms with Crippen molar-refractivity contribution in [3.63, 3.8) is 0 Å². The SMILES string of the molecule is Nc1c(Cl)ncnc1NC1=C(F)C=CCC=C1F. The monoisotopic (exact) mass is 270 g/mol. The van der Waals surface area contributed by atoms with Gasteiger partial charge in [0, 0.05) is 0 Å². The van der Waals surface area contributed by atoms with Gasteiger partial charge in [-0.05, 0) is 18.6 Å². The molecule has 0 aliphatic heterocycles. The molecule has 0 bridgehead atoms. The number of halogens is 3. The van der Waals surface area contributed by atoms with Crippen LogP contribution in [0.4, 0.5) is 20.3 Å². The van der Waals surface area contributed by atoms with Gasteiger partial charge in [0.1, 0.15) is 29.4 Å². The first-order valence-electron chi connectivity index (χ1n) is 5.05. The first-order valence-corrected chi connectivity index (χ1v) is 5.42. The molecule has 94 valence electrons. The van der Waals surface area contributed by atoms with E-state index in [9.17, 15) is 8.78 Å². The molecule has 2 rings (SSSR count). The molecule has 0 amide bonds. The van der Waals surface area contributed by atoms with E-state index in [0.29, 0.717) is 6.42 Å². The highest BCUT2D eigenvalue weighted by Crippen LogP contribution is 2.28. The molecule has 0 fully saturated rings. The van der Waals surface area contributed by atoms with Crippen molar-refractivity contribution in [3.05, 3.63) is 47.1 Å². The van der Waals surface area contributed by atoms with Gasteiger partial charge in [0.05, 0.1) is 0 Å². The lowest BCUT2D eigenvalue weighted by atomic mass is 10.3. The largest absolute Gasteiger partial charge is 0.393 e. The van der Waals surface area contributed by atoms with Gasteiger partial charge in [-0.15, -0.1) is 0 Å². The lowest BCUT2D eigenvalue weighted by Gasteiger charge is -2.10. The summed E-state index contributed by atoms with van der Waals surface area (Å²) in [5, 5.41) is 2.49. The Morgan fingerprint density at radius 3 is 2.89 bits per heavy atom. The van der Waals surface area contributed by atoms with Crippen LogP contribution in [0.15, 0.2) is 41.9 Å². The molecule has 1 aliphatic rings. The Hall–Kier alpha value is -1.95. The fourth-order valence-electron chi connectivity index (χ4n) is 1.35. The van der Waals surface area contributed by atoms with Gasteiger partial charge >= 0.3 is 0 Å². The van der Waals surface area contributed by atoms with Crippen molar-refractivity contribution in [1.29, 1.82) is 0 Å². The predicted octanol–water partition coefficient (Wildman–Crippen LogP) is 3.12. The predicted molar refractivity (Wildman–Crippen MR) is 66.2 cm³/mol. The smallest absolute Gasteiger partial charge is 0.158 e. The van der Waals surface area contributed by atoms with Gasteiger partial charge in [-0.2, -0.15) is 0 Å². The lowest BCUT2D eigenvalue weighted by molar-refractivity contribution is 0.613. The van der Waals surface area contributed by atoms with Crippen LogP contribution in [-0.2, 0) is 0 Å². The molecule has 7 heteroatoms. The number of nitrogens with two attached hydrogens (primary N) is 1. The average Bonchev–Trinajstić information content (AvgIpc) is 2.49. The topological polar surface area (TPSA) is 63.8 Å². The van der Waals surface area contributed by atoms with E-state index in [4.69, 9.17) is 17.3 Å². The van der Waals surface area contributed by atoms with E-state index in [1.807, 2.05) is 0 Å². The molecule has 1 aromatic rings. The highest BCUT2D eigenvalue weighted by Gasteiger charge is 2.15. The molecule has 0 saturated carbocycles. The number of hydrogen-bond donors (Lipinski definition) is 2. The molecule has 0 radical (unpaired) electrons. The summed E-state index contributed by atoms with van der Waals surface area (Å²) in [6, 6.07) is 0. The molecule has 3 N–H and O–H groups in total. The molecule has 4 nitrogen and oxygen atoms in total. The first-order chi connectivity index (χ1) is 8.59. The highest BCUT2D eigenvalue weighted by molar-refractivity contribution is 6.32. The zero-order valence-electron chi connectivity index (χ0n) is 9.12. The Kier molecular flexibility index (Phi) is 3.57. The van der Waals surface area contributed by atoms with Crippen LogP contribution in [0.2, 0.25) is 5.15 Å². The summed E-state index contributed by atoms with van der Waals surface area (Å²) in [6.45, 7) is 0. The van der Waals surface area contributed by atoms with Gasteiger partial charge in [-0.25, -0.2) is 18.7 Å². The van der Waals surface area contributed by atoms with Crippen molar-refractivity contribution < 1.29 is 8.78 Å². The van der Waals surface area contributed by atoms with E-state index in [2.05, 4.69) is 15.3 Å². The molecule has 0 saturated heterocycles. The Bertz CT molecular complexity index is 566. The van der Waals surface area contributed by atoms with E-state index in [1.165, 1.54) is 18.2 Å². The van der Waals surface area contributed by atoms with E-state index < -0.39 is 11.7 Å². The molecular formula is C11H9ClF2N4. The maximum Gasteiger partial charge on any atom is 0.158 e. The molecule has 0 aromatic carbocycles. The Morgan fingerprint density at radius 1 is 1.33 bits per heavy atom. The van der Waals surface area contributed by atoms with Gasteiger partial charge in [0.15, 0.2) is 11.0 Å². The highest BCUT2D eigenvalue weighted by atomic mass is 35.5. The Balaban J connectivity index is 2.38. The normalized spacial score (nSPS) is 15.4. The summed E-state index contributed by atoms with van der Waals surface area (Å²) in [5.41, 5.74) is 5.31. The maximum atomic E-state index is 13.6. The van der Waals surface area contributed by atoms with Gasteiger partial charge in [-0.1, -0.05) is 17.7 Å². The van der Waals surface area contributed by atoms with Crippen LogP contribution in [0, 0.1) is 0 Å². The molecule has 18 heavy (non-hydrogen) atoms. The number of hydrogen-bond acceptors (Lipinski definition) is 4. The van der Waals surface area contributed by atoms with Crippen LogP contribution in [0.25, 0.3) is 0 Å². The van der Waals surface area contributed by atoms with Crippen molar-refractivity contribution in [2.45, 2.75) is 6.42 Å². The minimum Gasteiger partial charge on any atom is -0.393 e. The molecule has 0 atom stereocenters. The second kappa shape index (κ2) is 5.14. The Morgan fingerprint density at radius 2 is 2.11 bits per heavy atom. The van der Waals surface area contributed by atoms with Gasteiger partial charge < -0.3 is 11.1 Å². The number of aromatic nitrogens is 2. The van der Waals surface area contributed by atoms with Crippen LogP contribution in [0.5, 0.6) is 0 Å². The quantitative estimate of drug-likeness (QED) is 0.811. The molecule has 0 spiro atoms. The summed E-state index contributed by atoms with van der Waals surface area (Å²) in [4.78, 5) is 7.43. The van der Waals surface area contributed by atoms with E-state index >= 15 is 0 Å². The minimum absolute atomic E-state index is 0.0158. The third-order valence-corrected chi connectivity index (χ3v) is 2.55. The Labute approximate surface area is 107 Å². The third kappa shape index (κ3) is 2.48. The number of rotatable bonds is 2. The van der Waals surface area contributed by atoms with Crippen LogP contribution >= 0.6 is 11.6 Å². The van der Waals surface area contributed by atoms with Crippen LogP contribution in [-0.4, -0.2) is 9.97 Å². The van der Waals surface area contributed by atoms with Gasteiger partial charge in [0.25, 0.3) is 0 Å². The molecule has 1 aliphatic carbocycles. The number of nitrogens with zero attached hydrogens (tertiary/aromatic N) is 2. The lowest BCUT2D eigenvalue weighted by Crippen LogP contribution is -2.07. The number of nitrogen functional groups attached to an aromatic ring is 1. The molecular weight excluding hydrogens is 262 g/mol. The zero-order chi connectivity index (χ0) is 13.1. The average molecular weight is 271 g/mol. The molecule has 0 unspecified atom stereocenters. The molecule has 1 aromatic heterocycles. The number of anilines is 2. The van der Waals surface area contributed by atoms with Crippen molar-refractivity contribution in [1.82, 2.24) is 9.97 Å². The van der Waals surface area contributed by atoms with Crippen LogP contribution in [0.1, 0.15) is 6.42 Å². The first kappa shape index (κ1) is 12.5. The summed E-state index contributed by atoms with van der Waals surface area (Å²) >= 11 is 5.69. The summed E-state index contributed by atoms with van der Waals surface area (Å²) in [5.74, 6) is -1.40. The van der Waals surface area contributed by atoms with Gasteiger partial charge in [0.2, 0.25) is 0 Å². The summed E-state index contributed by atoms with van der Waals surface area (Å²) in [7, 11) is 0. The fourth-order valence-corrected chi connectivity index (χ4v) is 1.49. The third-order valence-electron chi connectivity index (χ3n) is 2.25. The summed E-state index contributed by atoms with van der Waals surface area (Å²) < 4.78 is 27.2. The second-order valence-corrected chi connectivity index (χ2v) is 3.82. The zero-order valence-corrected chi connectivity index (χ0v) is 9.88. The standard InChI is InChI=1S/C11H9ClF2N4/c12-10-8(15)11(17-5-16-10)18-9-6(13)3-1-2-4-7(9)14/h1,3-5H,2,15H2,(H,16,17,18). The molecule has 1 heterocycles. The summed E-state index contributed by atoms with van der Waals surface area (Å²) in [6.07, 6.45) is 5.37. The van der Waals surface area contributed by atoms with Gasteiger partial charge in [-0.3, -0.25) is 0 Å². The number of allylic oxidation sites excluding steroid dienone is 5. The maximum absolute atomic E-state index is 13.6. The van der Waals surface area contributed by atoms with Crippen molar-refractivity contribution in [2.75, 3.05) is 11.1 Å². The van der Waals surface area contributed by atoms with Crippen molar-refractivity contribution in [2.24, 2.45) is 0 Å². The van der Waals surface area contributed by atoms with Crippen molar-refractivity contribution in [3.8, 4) is 0 Å². The van der Waals surface area contributed by atoms with E-state index in [-0.39, 0.29) is 22.4 Å². The fraction of sp³-hybridized carbons (Fsp3) is 0.0909. The number of nitrogens with one attached hydrogen (secondary N) is 1. The van der Waals surface area contributed by atoms with Crippen LogP contribution in [0.3, 0.4) is 0 Å². The second-order valence-electron chi connectivity index (χ2n) is 3.46.